The van der Waals surface area contributed by atoms with Crippen LogP contribution in [0.5, 0.6) is 5.75 Å². The van der Waals surface area contributed by atoms with Gasteiger partial charge in [-0.3, -0.25) is 9.59 Å². The highest BCUT2D eigenvalue weighted by Crippen LogP contribution is 2.41. The summed E-state index contributed by atoms with van der Waals surface area (Å²) in [6, 6.07) is 22.4. The molecule has 1 aliphatic heterocycles. The minimum absolute atomic E-state index is 0.00507. The molecule has 4 heterocycles. The van der Waals surface area contributed by atoms with E-state index in [9.17, 15) is 9.59 Å². The number of hydrogen-bond acceptors (Lipinski definition) is 5. The van der Waals surface area contributed by atoms with Crippen LogP contribution >= 0.6 is 0 Å². The topological polar surface area (TPSA) is 111 Å². The van der Waals surface area contributed by atoms with Gasteiger partial charge in [0, 0.05) is 60.3 Å². The van der Waals surface area contributed by atoms with Crippen LogP contribution in [0.3, 0.4) is 0 Å². The molecule has 3 aliphatic rings. The van der Waals surface area contributed by atoms with Crippen LogP contribution in [0.25, 0.3) is 55.5 Å². The number of nitrogens with zero attached hydrogens (tertiary/aromatic N) is 4. The second kappa shape index (κ2) is 10.1. The van der Waals surface area contributed by atoms with Gasteiger partial charge in [-0.05, 0) is 96.5 Å². The van der Waals surface area contributed by atoms with Gasteiger partial charge in [-0.25, -0.2) is 4.98 Å². The Morgan fingerprint density at radius 3 is 2.54 bits per heavy atom. The summed E-state index contributed by atoms with van der Waals surface area (Å²) < 4.78 is 10.4. The number of carbonyl (C=O) groups excluding carboxylic acids is 1. The largest absolute Gasteiger partial charge is 0.494 e. The van der Waals surface area contributed by atoms with Crippen LogP contribution in [0.2, 0.25) is 0 Å². The number of aromatic amines is 1. The summed E-state index contributed by atoms with van der Waals surface area (Å²) in [4.78, 5) is 35.6. The number of rotatable bonds is 6. The molecule has 46 heavy (non-hydrogen) atoms. The predicted octanol–water partition coefficient (Wildman–Crippen LogP) is 5.68. The average Bonchev–Trinajstić information content (AvgIpc) is 3.47. The molecule has 1 saturated heterocycles. The summed E-state index contributed by atoms with van der Waals surface area (Å²) in [7, 11) is 3.68. The molecule has 2 bridgehead atoms. The van der Waals surface area contributed by atoms with E-state index in [0.717, 1.165) is 81.4 Å². The highest BCUT2D eigenvalue weighted by Gasteiger charge is 2.47. The van der Waals surface area contributed by atoms with Crippen molar-refractivity contribution in [2.75, 3.05) is 13.7 Å². The summed E-state index contributed by atoms with van der Waals surface area (Å²) >= 11 is 0. The van der Waals surface area contributed by atoms with Crippen molar-refractivity contribution < 1.29 is 9.53 Å². The lowest BCUT2D eigenvalue weighted by molar-refractivity contribution is 0.0700. The number of piperidine rings is 1. The summed E-state index contributed by atoms with van der Waals surface area (Å²) in [5.41, 5.74) is 13.8. The van der Waals surface area contributed by atoms with Crippen LogP contribution in [0.15, 0.2) is 71.5 Å². The van der Waals surface area contributed by atoms with Crippen LogP contribution in [-0.2, 0) is 13.6 Å². The molecule has 3 aromatic carbocycles. The molecule has 9 rings (SSSR count). The van der Waals surface area contributed by atoms with Crippen molar-refractivity contribution in [1.82, 2.24) is 24.0 Å². The van der Waals surface area contributed by atoms with Gasteiger partial charge in [0.1, 0.15) is 11.3 Å². The van der Waals surface area contributed by atoms with Gasteiger partial charge in [-0.1, -0.05) is 18.2 Å². The van der Waals surface area contributed by atoms with Crippen molar-refractivity contribution in [3.8, 4) is 28.4 Å². The van der Waals surface area contributed by atoms with E-state index in [1.165, 1.54) is 12.8 Å². The van der Waals surface area contributed by atoms with Crippen molar-refractivity contribution in [1.29, 1.82) is 0 Å². The van der Waals surface area contributed by atoms with Gasteiger partial charge in [0.25, 0.3) is 5.91 Å². The van der Waals surface area contributed by atoms with E-state index in [1.807, 2.05) is 36.2 Å². The van der Waals surface area contributed by atoms with E-state index in [1.54, 1.807) is 13.2 Å². The maximum absolute atomic E-state index is 13.8. The molecule has 3 N–H and O–H groups in total. The number of H-pyrrole nitrogens is 1. The SMILES string of the molecule is COc1cc(C(=O)N2C[C@H]3CC[C@@H]2[C@@H]3N)cc2nc(-c3cc4ccc(-c5ccc6[nH]c(=O)ccc6c5)cc4n3CC3CC3)n(C)c12. The number of nitrogens with one attached hydrogen (secondary N) is 1. The number of imidazole rings is 1. The molecule has 2 aliphatic carbocycles. The lowest BCUT2D eigenvalue weighted by Gasteiger charge is -2.27. The fourth-order valence-electron chi connectivity index (χ4n) is 7.98. The number of hydrogen-bond donors (Lipinski definition) is 2. The van der Waals surface area contributed by atoms with Crippen LogP contribution in [0, 0.1) is 11.8 Å². The number of aromatic nitrogens is 4. The smallest absolute Gasteiger partial charge is 0.254 e. The van der Waals surface area contributed by atoms with E-state index in [2.05, 4.69) is 50.5 Å². The Balaban J connectivity index is 1.15. The van der Waals surface area contributed by atoms with Gasteiger partial charge >= 0.3 is 0 Å². The number of pyridine rings is 1. The molecular weight excluding hydrogens is 576 g/mol. The van der Waals surface area contributed by atoms with Crippen LogP contribution in [0.1, 0.15) is 36.0 Å². The zero-order valence-corrected chi connectivity index (χ0v) is 26.0. The van der Waals surface area contributed by atoms with Crippen molar-refractivity contribution in [2.24, 2.45) is 24.6 Å². The zero-order valence-electron chi connectivity index (χ0n) is 26.0. The van der Waals surface area contributed by atoms with E-state index < -0.39 is 0 Å². The van der Waals surface area contributed by atoms with Crippen molar-refractivity contribution in [3.63, 3.8) is 0 Å². The highest BCUT2D eigenvalue weighted by atomic mass is 16.5. The van der Waals surface area contributed by atoms with Crippen molar-refractivity contribution in [2.45, 2.75) is 44.3 Å². The Morgan fingerprint density at radius 1 is 0.978 bits per heavy atom. The second-order valence-electron chi connectivity index (χ2n) is 13.5. The van der Waals surface area contributed by atoms with E-state index >= 15 is 0 Å². The Bertz CT molecular complexity index is 2270. The fourth-order valence-corrected chi connectivity index (χ4v) is 7.98. The third kappa shape index (κ3) is 4.21. The zero-order chi connectivity index (χ0) is 31.3. The number of benzene rings is 3. The van der Waals surface area contributed by atoms with E-state index in [0.29, 0.717) is 23.1 Å². The van der Waals surface area contributed by atoms with Crippen molar-refractivity contribution in [3.05, 3.63) is 82.6 Å². The molecule has 3 atom stereocenters. The number of methoxy groups -OCH3 is 1. The Kier molecular flexibility index (Phi) is 5.99. The highest BCUT2D eigenvalue weighted by molar-refractivity contribution is 6.01. The summed E-state index contributed by atoms with van der Waals surface area (Å²) in [6.07, 6.45) is 4.53. The lowest BCUT2D eigenvalue weighted by atomic mass is 10.0. The van der Waals surface area contributed by atoms with Gasteiger partial charge in [0.2, 0.25) is 5.56 Å². The molecule has 9 nitrogen and oxygen atoms in total. The first-order valence-corrected chi connectivity index (χ1v) is 16.2. The number of carbonyl (C=O) groups is 1. The van der Waals surface area contributed by atoms with E-state index in [4.69, 9.17) is 15.5 Å². The maximum atomic E-state index is 13.8. The summed E-state index contributed by atoms with van der Waals surface area (Å²) in [6.45, 7) is 1.64. The van der Waals surface area contributed by atoms with Gasteiger partial charge in [0.05, 0.1) is 18.3 Å². The lowest BCUT2D eigenvalue weighted by Crippen LogP contribution is -2.41. The third-order valence-corrected chi connectivity index (χ3v) is 10.6. The minimum atomic E-state index is -0.0994. The molecule has 3 aromatic heterocycles. The maximum Gasteiger partial charge on any atom is 0.254 e. The first-order valence-electron chi connectivity index (χ1n) is 16.2. The number of ether oxygens (including phenoxy) is 1. The molecule has 2 saturated carbocycles. The van der Waals surface area contributed by atoms with E-state index in [-0.39, 0.29) is 23.6 Å². The standard InChI is InChI=1S/C37H36N6O3/c1-41-35-28(14-26(17-32(35)46-2)37(45)43-19-25-8-11-29(43)34(25)38)40-36(41)31-16-24-6-5-22(15-30(24)42(31)18-20-3-4-20)21-7-10-27-23(13-21)9-12-33(44)39-27/h5-7,9-10,12-17,20,25,29,34H,3-4,8,11,18-19,38H2,1-2H3,(H,39,44)/t25-,29-,34-/m1/s1. The first kappa shape index (κ1) is 27.4. The quantitative estimate of drug-likeness (QED) is 0.251. The predicted molar refractivity (Wildman–Crippen MR) is 180 cm³/mol. The molecule has 3 fully saturated rings. The molecule has 9 heteroatoms. The number of nitrogens with two attached hydrogens (primary N) is 1. The summed E-state index contributed by atoms with van der Waals surface area (Å²) in [5, 5.41) is 2.15. The Morgan fingerprint density at radius 2 is 1.78 bits per heavy atom. The van der Waals surface area contributed by atoms with Crippen LogP contribution in [0.4, 0.5) is 0 Å². The number of amides is 1. The molecule has 0 spiro atoms. The Hall–Kier alpha value is -4.89. The molecule has 1 amide bonds. The average molecular weight is 613 g/mol. The number of fused-ring (bicyclic) bond motifs is 5. The number of aryl methyl sites for hydroxylation is 1. The van der Waals surface area contributed by atoms with Crippen molar-refractivity contribution >= 4 is 38.7 Å². The van der Waals surface area contributed by atoms with Crippen LogP contribution in [-0.4, -0.2) is 55.6 Å². The summed E-state index contributed by atoms with van der Waals surface area (Å²) in [5.74, 6) is 2.52. The van der Waals surface area contributed by atoms with Gasteiger partial charge < -0.3 is 29.5 Å². The number of likely N-dealkylation sites (tertiary alicyclic amines) is 1. The van der Waals surface area contributed by atoms with Crippen LogP contribution < -0.4 is 16.0 Å². The van der Waals surface area contributed by atoms with Gasteiger partial charge in [-0.15, -0.1) is 0 Å². The normalized spacial score (nSPS) is 20.8. The molecule has 0 unspecified atom stereocenters. The van der Waals surface area contributed by atoms with Gasteiger partial charge in [0.15, 0.2) is 5.82 Å². The molecule has 0 radical (unpaired) electrons. The molecule has 6 aromatic rings. The fraction of sp³-hybridized carbons (Fsp3) is 0.324. The molecule has 232 valence electrons. The van der Waals surface area contributed by atoms with Gasteiger partial charge in [-0.2, -0.15) is 0 Å². The Labute approximate surface area is 265 Å². The monoisotopic (exact) mass is 612 g/mol. The first-order chi connectivity index (χ1) is 22.4. The second-order valence-corrected chi connectivity index (χ2v) is 13.5. The minimum Gasteiger partial charge on any atom is -0.494 e. The molecular formula is C37H36N6O3. The third-order valence-electron chi connectivity index (χ3n) is 10.6.